The third-order valence-corrected chi connectivity index (χ3v) is 4.68. The third-order valence-electron chi connectivity index (χ3n) is 3.60. The molecule has 2 N–H and O–H groups in total. The Bertz CT molecular complexity index is 814. The van der Waals surface area contributed by atoms with Crippen molar-refractivity contribution in [2.45, 2.75) is 33.1 Å². The quantitative estimate of drug-likeness (QED) is 0.687. The van der Waals surface area contributed by atoms with Gasteiger partial charge in [0.15, 0.2) is 5.78 Å². The monoisotopic (exact) mass is 374 g/mol. The maximum absolute atomic E-state index is 12.2. The summed E-state index contributed by atoms with van der Waals surface area (Å²) in [7, 11) is 1.51. The molecule has 0 aliphatic carbocycles. The lowest BCUT2D eigenvalue weighted by molar-refractivity contribution is -0.116. The van der Waals surface area contributed by atoms with Gasteiger partial charge < -0.3 is 15.4 Å². The van der Waals surface area contributed by atoms with Gasteiger partial charge in [-0.25, -0.2) is 0 Å². The van der Waals surface area contributed by atoms with E-state index in [1.165, 1.54) is 25.4 Å². The number of nitrogens with one attached hydrogen (secondary N) is 2. The number of ketones is 1. The normalized spacial score (nSPS) is 10.3. The van der Waals surface area contributed by atoms with E-state index < -0.39 is 0 Å². The second kappa shape index (κ2) is 9.15. The number of benzene rings is 1. The average Bonchev–Trinajstić information content (AvgIpc) is 3.05. The zero-order valence-electron chi connectivity index (χ0n) is 15.0. The van der Waals surface area contributed by atoms with Crippen LogP contribution in [0.5, 0.6) is 5.75 Å². The largest absolute Gasteiger partial charge is 0.494 e. The molecule has 2 amide bonds. The molecular formula is C19H22N2O4S. The molecular weight excluding hydrogens is 352 g/mol. The van der Waals surface area contributed by atoms with Gasteiger partial charge in [0.25, 0.3) is 0 Å². The van der Waals surface area contributed by atoms with Gasteiger partial charge in [0.2, 0.25) is 11.8 Å². The fourth-order valence-electron chi connectivity index (χ4n) is 2.36. The first kappa shape index (κ1) is 19.7. The molecule has 1 heterocycles. The first-order chi connectivity index (χ1) is 12.4. The minimum Gasteiger partial charge on any atom is -0.494 e. The molecule has 0 radical (unpaired) electrons. The number of carbonyl (C=O) groups excluding carboxylic acids is 3. The Kier molecular flexibility index (Phi) is 6.91. The maximum atomic E-state index is 12.2. The van der Waals surface area contributed by atoms with Crippen molar-refractivity contribution in [3.05, 3.63) is 40.1 Å². The van der Waals surface area contributed by atoms with Gasteiger partial charge in [0.1, 0.15) is 5.75 Å². The van der Waals surface area contributed by atoms with Crippen LogP contribution >= 0.6 is 11.3 Å². The predicted molar refractivity (Wildman–Crippen MR) is 103 cm³/mol. The lowest BCUT2D eigenvalue weighted by Gasteiger charge is -2.12. The molecule has 0 spiro atoms. The highest BCUT2D eigenvalue weighted by atomic mass is 32.1. The van der Waals surface area contributed by atoms with Crippen LogP contribution in [0, 0.1) is 0 Å². The second-order valence-corrected chi connectivity index (χ2v) is 6.72. The summed E-state index contributed by atoms with van der Waals surface area (Å²) in [5.74, 6) is 0.192. The highest BCUT2D eigenvalue weighted by Gasteiger charge is 2.11. The van der Waals surface area contributed by atoms with E-state index in [1.54, 1.807) is 24.3 Å². The van der Waals surface area contributed by atoms with Gasteiger partial charge >= 0.3 is 0 Å². The number of hydrogen-bond donors (Lipinski definition) is 2. The van der Waals surface area contributed by atoms with E-state index in [9.17, 15) is 14.4 Å². The Labute approximate surface area is 156 Å². The van der Waals surface area contributed by atoms with Crippen molar-refractivity contribution in [3.63, 3.8) is 0 Å². The topological polar surface area (TPSA) is 84.5 Å². The highest BCUT2D eigenvalue weighted by molar-refractivity contribution is 7.12. The summed E-state index contributed by atoms with van der Waals surface area (Å²) in [5, 5.41) is 7.40. The molecule has 1 aromatic heterocycles. The summed E-state index contributed by atoms with van der Waals surface area (Å²) < 4.78 is 5.29. The van der Waals surface area contributed by atoms with Crippen LogP contribution in [0.1, 0.15) is 41.9 Å². The fourth-order valence-corrected chi connectivity index (χ4v) is 3.17. The number of ether oxygens (including phenoxy) is 1. The fraction of sp³-hybridized carbons (Fsp3) is 0.316. The van der Waals surface area contributed by atoms with E-state index in [0.717, 1.165) is 12.0 Å². The number of methoxy groups -OCH3 is 1. The Morgan fingerprint density at radius 2 is 1.88 bits per heavy atom. The molecule has 138 valence electrons. The van der Waals surface area contributed by atoms with E-state index in [0.29, 0.717) is 28.4 Å². The summed E-state index contributed by atoms with van der Waals surface area (Å²) in [6.45, 7) is 3.44. The van der Waals surface area contributed by atoms with Gasteiger partial charge in [-0.3, -0.25) is 14.4 Å². The zero-order chi connectivity index (χ0) is 19.1. The van der Waals surface area contributed by atoms with Crippen molar-refractivity contribution < 1.29 is 19.1 Å². The molecule has 0 bridgehead atoms. The van der Waals surface area contributed by atoms with Crippen molar-refractivity contribution in [2.24, 2.45) is 0 Å². The van der Waals surface area contributed by atoms with Gasteiger partial charge in [0, 0.05) is 18.2 Å². The molecule has 0 aliphatic rings. The van der Waals surface area contributed by atoms with E-state index in [1.807, 2.05) is 12.3 Å². The molecule has 2 rings (SSSR count). The Hall–Kier alpha value is -2.67. The number of thiophene rings is 1. The first-order valence-corrected chi connectivity index (χ1v) is 9.17. The molecule has 0 fully saturated rings. The van der Waals surface area contributed by atoms with Gasteiger partial charge in [-0.1, -0.05) is 6.92 Å². The molecule has 1 aromatic carbocycles. The van der Waals surface area contributed by atoms with Crippen LogP contribution in [-0.4, -0.2) is 24.7 Å². The van der Waals surface area contributed by atoms with Gasteiger partial charge in [-0.15, -0.1) is 11.3 Å². The van der Waals surface area contributed by atoms with Gasteiger partial charge in [-0.05, 0) is 42.5 Å². The number of hydrogen-bond acceptors (Lipinski definition) is 5. The van der Waals surface area contributed by atoms with Crippen LogP contribution in [-0.2, 0) is 16.0 Å². The Balaban J connectivity index is 2.02. The van der Waals surface area contributed by atoms with Crippen LogP contribution in [0.2, 0.25) is 0 Å². The first-order valence-electron chi connectivity index (χ1n) is 8.29. The van der Waals surface area contributed by atoms with Crippen molar-refractivity contribution in [1.29, 1.82) is 0 Å². The SMILES string of the molecule is CCCC(=O)Nc1ccc(NC(=O)Cc2csc(C(C)=O)c2)cc1OC. The third kappa shape index (κ3) is 5.42. The van der Waals surface area contributed by atoms with Crippen LogP contribution in [0.3, 0.4) is 0 Å². The number of amides is 2. The van der Waals surface area contributed by atoms with Crippen LogP contribution in [0.4, 0.5) is 11.4 Å². The Morgan fingerprint density at radius 3 is 2.50 bits per heavy atom. The predicted octanol–water partition coefficient (Wildman–Crippen LogP) is 3.88. The van der Waals surface area contributed by atoms with Crippen LogP contribution in [0.25, 0.3) is 0 Å². The summed E-state index contributed by atoms with van der Waals surface area (Å²) >= 11 is 1.33. The van der Waals surface area contributed by atoms with Gasteiger partial charge in [0.05, 0.1) is 24.1 Å². The van der Waals surface area contributed by atoms with Crippen LogP contribution in [0.15, 0.2) is 29.6 Å². The van der Waals surface area contributed by atoms with E-state index in [-0.39, 0.29) is 24.0 Å². The molecule has 0 saturated heterocycles. The highest BCUT2D eigenvalue weighted by Crippen LogP contribution is 2.28. The van der Waals surface area contributed by atoms with Crippen molar-refractivity contribution >= 4 is 40.3 Å². The number of rotatable bonds is 8. The molecule has 2 aromatic rings. The van der Waals surface area contributed by atoms with Crippen molar-refractivity contribution in [1.82, 2.24) is 0 Å². The molecule has 0 atom stereocenters. The van der Waals surface area contributed by atoms with E-state index in [4.69, 9.17) is 4.74 Å². The number of Topliss-reactive ketones (excluding diaryl/α,β-unsaturated/α-hetero) is 1. The molecule has 26 heavy (non-hydrogen) atoms. The molecule has 6 nitrogen and oxygen atoms in total. The zero-order valence-corrected chi connectivity index (χ0v) is 15.9. The lowest BCUT2D eigenvalue weighted by Crippen LogP contribution is -2.15. The maximum Gasteiger partial charge on any atom is 0.228 e. The Morgan fingerprint density at radius 1 is 1.12 bits per heavy atom. The minimum atomic E-state index is -0.192. The summed E-state index contributed by atoms with van der Waals surface area (Å²) in [5.41, 5.74) is 1.93. The average molecular weight is 374 g/mol. The summed E-state index contributed by atoms with van der Waals surface area (Å²) in [6.07, 6.45) is 1.38. The van der Waals surface area contributed by atoms with Crippen LogP contribution < -0.4 is 15.4 Å². The van der Waals surface area contributed by atoms with E-state index >= 15 is 0 Å². The molecule has 7 heteroatoms. The van der Waals surface area contributed by atoms with Crippen molar-refractivity contribution in [3.8, 4) is 5.75 Å². The molecule has 0 saturated carbocycles. The standard InChI is InChI=1S/C19H22N2O4S/c1-4-5-18(23)21-15-7-6-14(10-16(15)25-3)20-19(24)9-13-8-17(12(2)22)26-11-13/h6-8,10-11H,4-5,9H2,1-3H3,(H,20,24)(H,21,23). The van der Waals surface area contributed by atoms with E-state index in [2.05, 4.69) is 10.6 Å². The molecule has 0 unspecified atom stereocenters. The summed E-state index contributed by atoms with van der Waals surface area (Å²) in [4.78, 5) is 35.9. The summed E-state index contributed by atoms with van der Waals surface area (Å²) in [6, 6.07) is 6.80. The second-order valence-electron chi connectivity index (χ2n) is 5.81. The number of anilines is 2. The lowest BCUT2D eigenvalue weighted by atomic mass is 10.2. The number of carbonyl (C=O) groups is 3. The van der Waals surface area contributed by atoms with Gasteiger partial charge in [-0.2, -0.15) is 0 Å². The van der Waals surface area contributed by atoms with Crippen molar-refractivity contribution in [2.75, 3.05) is 17.7 Å². The molecule has 0 aliphatic heterocycles. The smallest absolute Gasteiger partial charge is 0.228 e. The minimum absolute atomic E-state index is 0.00731.